The van der Waals surface area contributed by atoms with E-state index in [1.54, 1.807) is 12.1 Å². The summed E-state index contributed by atoms with van der Waals surface area (Å²) in [5.74, 6) is -1.53. The average Bonchev–Trinajstić information content (AvgIpc) is 2.49. The summed E-state index contributed by atoms with van der Waals surface area (Å²) in [4.78, 5) is 33.5. The standard InChI is InChI=1S/C13H17N3O5/c14-12(19)10(7-17)16-11(18)6-15-13(20)21-8-9-4-2-1-3-5-9/h1-5,10,17H,6-8H2,(H2,14,19)(H,15,20)(H,16,18)/t10-/m1/s1. The van der Waals surface area contributed by atoms with Crippen molar-refractivity contribution in [3.05, 3.63) is 35.9 Å². The number of hydrogen-bond acceptors (Lipinski definition) is 5. The number of nitrogens with one attached hydrogen (secondary N) is 2. The van der Waals surface area contributed by atoms with Crippen molar-refractivity contribution >= 4 is 17.9 Å². The van der Waals surface area contributed by atoms with E-state index in [0.29, 0.717) is 0 Å². The molecule has 0 saturated heterocycles. The van der Waals surface area contributed by atoms with E-state index in [1.165, 1.54) is 0 Å². The molecule has 0 unspecified atom stereocenters. The highest BCUT2D eigenvalue weighted by atomic mass is 16.5. The van der Waals surface area contributed by atoms with Gasteiger partial charge in [0.15, 0.2) is 0 Å². The van der Waals surface area contributed by atoms with Crippen LogP contribution in [0.2, 0.25) is 0 Å². The van der Waals surface area contributed by atoms with Gasteiger partial charge in [0.25, 0.3) is 0 Å². The number of primary amides is 1. The van der Waals surface area contributed by atoms with Gasteiger partial charge in [-0.3, -0.25) is 9.59 Å². The Balaban J connectivity index is 2.26. The van der Waals surface area contributed by atoms with E-state index in [0.717, 1.165) is 5.56 Å². The third-order valence-electron chi connectivity index (χ3n) is 2.47. The molecule has 1 aromatic carbocycles. The minimum absolute atomic E-state index is 0.0782. The summed E-state index contributed by atoms with van der Waals surface area (Å²) in [6.07, 6.45) is -0.770. The first-order chi connectivity index (χ1) is 10.0. The van der Waals surface area contributed by atoms with Gasteiger partial charge in [-0.25, -0.2) is 4.79 Å². The molecule has 0 radical (unpaired) electrons. The molecule has 0 heterocycles. The number of carbonyl (C=O) groups is 3. The van der Waals surface area contributed by atoms with Crippen molar-refractivity contribution in [2.45, 2.75) is 12.6 Å². The quantitative estimate of drug-likeness (QED) is 0.506. The average molecular weight is 295 g/mol. The predicted octanol–water partition coefficient (Wildman–Crippen LogP) is -1.12. The van der Waals surface area contributed by atoms with Gasteiger partial charge < -0.3 is 26.2 Å². The lowest BCUT2D eigenvalue weighted by Gasteiger charge is -2.12. The second-order valence-electron chi connectivity index (χ2n) is 4.12. The van der Waals surface area contributed by atoms with E-state index in [-0.39, 0.29) is 6.61 Å². The SMILES string of the molecule is NC(=O)[C@@H](CO)NC(=O)CNC(=O)OCc1ccccc1. The Labute approximate surface area is 121 Å². The summed E-state index contributed by atoms with van der Waals surface area (Å²) in [6.45, 7) is -0.925. The van der Waals surface area contributed by atoms with Gasteiger partial charge in [-0.15, -0.1) is 0 Å². The number of ether oxygens (including phenoxy) is 1. The number of alkyl carbamates (subject to hydrolysis) is 1. The second-order valence-corrected chi connectivity index (χ2v) is 4.12. The normalized spacial score (nSPS) is 11.3. The van der Waals surface area contributed by atoms with E-state index in [9.17, 15) is 14.4 Å². The molecular weight excluding hydrogens is 278 g/mol. The van der Waals surface area contributed by atoms with Crippen LogP contribution < -0.4 is 16.4 Å². The van der Waals surface area contributed by atoms with Crippen LogP contribution in [0.5, 0.6) is 0 Å². The molecule has 0 bridgehead atoms. The molecule has 1 aromatic rings. The summed E-state index contributed by atoms with van der Waals surface area (Å²) < 4.78 is 4.89. The van der Waals surface area contributed by atoms with Crippen molar-refractivity contribution in [3.8, 4) is 0 Å². The van der Waals surface area contributed by atoms with E-state index < -0.39 is 37.1 Å². The molecule has 21 heavy (non-hydrogen) atoms. The molecule has 3 amide bonds. The third kappa shape index (κ3) is 6.39. The molecular formula is C13H17N3O5. The Morgan fingerprint density at radius 2 is 1.90 bits per heavy atom. The number of hydrogen-bond donors (Lipinski definition) is 4. The molecule has 0 aliphatic rings. The van der Waals surface area contributed by atoms with Gasteiger partial charge in [0.2, 0.25) is 11.8 Å². The van der Waals surface area contributed by atoms with Gasteiger partial charge in [-0.2, -0.15) is 0 Å². The molecule has 114 valence electrons. The molecule has 0 aliphatic heterocycles. The fourth-order valence-electron chi connectivity index (χ4n) is 1.38. The van der Waals surface area contributed by atoms with E-state index >= 15 is 0 Å². The molecule has 1 rings (SSSR count). The molecule has 8 nitrogen and oxygen atoms in total. The van der Waals surface area contributed by atoms with Crippen molar-refractivity contribution in [2.24, 2.45) is 5.73 Å². The van der Waals surface area contributed by atoms with Gasteiger partial charge in [-0.05, 0) is 5.56 Å². The lowest BCUT2D eigenvalue weighted by atomic mass is 10.2. The summed E-state index contributed by atoms with van der Waals surface area (Å²) in [5.41, 5.74) is 5.75. The minimum Gasteiger partial charge on any atom is -0.445 e. The van der Waals surface area contributed by atoms with E-state index in [4.69, 9.17) is 15.6 Å². The zero-order valence-corrected chi connectivity index (χ0v) is 11.2. The highest BCUT2D eigenvalue weighted by Crippen LogP contribution is 2.00. The van der Waals surface area contributed by atoms with Crippen LogP contribution in [0.3, 0.4) is 0 Å². The molecule has 0 fully saturated rings. The zero-order valence-electron chi connectivity index (χ0n) is 11.2. The maximum absolute atomic E-state index is 11.4. The number of rotatable bonds is 7. The lowest BCUT2D eigenvalue weighted by Crippen LogP contribution is -2.49. The van der Waals surface area contributed by atoms with Crippen LogP contribution in [0.1, 0.15) is 5.56 Å². The highest BCUT2D eigenvalue weighted by Gasteiger charge is 2.17. The highest BCUT2D eigenvalue weighted by molar-refractivity contribution is 5.88. The van der Waals surface area contributed by atoms with Crippen molar-refractivity contribution in [1.29, 1.82) is 0 Å². The number of aliphatic hydroxyl groups is 1. The monoisotopic (exact) mass is 295 g/mol. The van der Waals surface area contributed by atoms with Crippen molar-refractivity contribution in [1.82, 2.24) is 10.6 Å². The number of aliphatic hydroxyl groups excluding tert-OH is 1. The van der Waals surface area contributed by atoms with Crippen LogP contribution in [0.4, 0.5) is 4.79 Å². The largest absolute Gasteiger partial charge is 0.445 e. The topological polar surface area (TPSA) is 131 Å². The third-order valence-corrected chi connectivity index (χ3v) is 2.47. The number of carbonyl (C=O) groups excluding carboxylic acids is 3. The maximum Gasteiger partial charge on any atom is 0.407 e. The fourth-order valence-corrected chi connectivity index (χ4v) is 1.38. The molecule has 8 heteroatoms. The smallest absolute Gasteiger partial charge is 0.407 e. The summed E-state index contributed by atoms with van der Waals surface area (Å²) >= 11 is 0. The maximum atomic E-state index is 11.4. The minimum atomic E-state index is -1.18. The van der Waals surface area contributed by atoms with Crippen LogP contribution in [0.15, 0.2) is 30.3 Å². The zero-order chi connectivity index (χ0) is 15.7. The first kappa shape index (κ1) is 16.4. The summed E-state index contributed by atoms with van der Waals surface area (Å²) in [5, 5.41) is 13.2. The van der Waals surface area contributed by atoms with Gasteiger partial charge in [0.05, 0.1) is 6.61 Å². The number of amides is 3. The number of benzene rings is 1. The Morgan fingerprint density at radius 1 is 1.24 bits per heavy atom. The Bertz CT molecular complexity index is 492. The lowest BCUT2D eigenvalue weighted by molar-refractivity contribution is -0.127. The van der Waals surface area contributed by atoms with Gasteiger partial charge in [0.1, 0.15) is 19.2 Å². The first-order valence-corrected chi connectivity index (χ1v) is 6.17. The molecule has 1 atom stereocenters. The second kappa shape index (κ2) is 8.54. The molecule has 0 spiro atoms. The van der Waals surface area contributed by atoms with Crippen LogP contribution >= 0.6 is 0 Å². The Morgan fingerprint density at radius 3 is 2.48 bits per heavy atom. The Hall–Kier alpha value is -2.61. The predicted molar refractivity (Wildman–Crippen MR) is 72.8 cm³/mol. The molecule has 5 N–H and O–H groups in total. The molecule has 0 aliphatic carbocycles. The van der Waals surface area contributed by atoms with E-state index in [2.05, 4.69) is 10.6 Å². The van der Waals surface area contributed by atoms with Gasteiger partial charge in [0, 0.05) is 0 Å². The van der Waals surface area contributed by atoms with Crippen molar-refractivity contribution in [3.63, 3.8) is 0 Å². The van der Waals surface area contributed by atoms with Crippen molar-refractivity contribution < 1.29 is 24.2 Å². The van der Waals surface area contributed by atoms with Crippen LogP contribution in [-0.2, 0) is 20.9 Å². The van der Waals surface area contributed by atoms with Crippen LogP contribution in [0, 0.1) is 0 Å². The van der Waals surface area contributed by atoms with Gasteiger partial charge >= 0.3 is 6.09 Å². The van der Waals surface area contributed by atoms with Crippen molar-refractivity contribution in [2.75, 3.05) is 13.2 Å². The summed E-state index contributed by atoms with van der Waals surface area (Å²) in [7, 11) is 0. The molecule has 0 aromatic heterocycles. The fraction of sp³-hybridized carbons (Fsp3) is 0.308. The Kier molecular flexibility index (Phi) is 6.69. The number of nitrogens with two attached hydrogens (primary N) is 1. The van der Waals surface area contributed by atoms with Crippen LogP contribution in [0.25, 0.3) is 0 Å². The summed E-state index contributed by atoms with van der Waals surface area (Å²) in [6, 6.07) is 7.85. The van der Waals surface area contributed by atoms with Crippen LogP contribution in [-0.4, -0.2) is 42.2 Å². The van der Waals surface area contributed by atoms with E-state index in [1.807, 2.05) is 18.2 Å². The van der Waals surface area contributed by atoms with Gasteiger partial charge in [-0.1, -0.05) is 30.3 Å². The first-order valence-electron chi connectivity index (χ1n) is 6.17. The molecule has 0 saturated carbocycles.